The molecule has 1 aromatic rings. The lowest BCUT2D eigenvalue weighted by Crippen LogP contribution is -2.31. The van der Waals surface area contributed by atoms with Crippen LogP contribution in [0.15, 0.2) is 12.4 Å². The predicted octanol–water partition coefficient (Wildman–Crippen LogP) is 0.448. The van der Waals surface area contributed by atoms with E-state index in [2.05, 4.69) is 4.98 Å². The molecule has 0 saturated carbocycles. The molecule has 0 fully saturated rings. The zero-order chi connectivity index (χ0) is 12.8. The van der Waals surface area contributed by atoms with Gasteiger partial charge in [0.1, 0.15) is 12.4 Å². The molecule has 0 radical (unpaired) electrons. The predicted molar refractivity (Wildman–Crippen MR) is 49.2 cm³/mol. The highest BCUT2D eigenvalue weighted by Crippen LogP contribution is 1.91. The molecule has 1 heterocycles. The fourth-order valence-corrected chi connectivity index (χ4v) is 1.36. The first-order chi connectivity index (χ1) is 7.22. The number of rotatable bonds is 3. The number of nitrogens with one attached hydrogen (secondary N) is 1. The molecule has 0 aliphatic rings. The number of aromatic nitrogens is 2. The summed E-state index contributed by atoms with van der Waals surface area (Å²) in [6.45, 7) is -3.67. The normalized spacial score (nSPS) is 11.1. The smallest absolute Gasteiger partial charge is 0.286 e. The number of imidazole rings is 1. The number of hydrogen-bond acceptors (Lipinski definition) is 2. The Morgan fingerprint density at radius 2 is 2.00 bits per heavy atom. The molecule has 1 aromatic heterocycles. The van der Waals surface area contributed by atoms with Crippen LogP contribution in [0, 0.1) is 0 Å². The molecule has 5 nitrogen and oxygen atoms in total. The Morgan fingerprint density at radius 3 is 2.31 bits per heavy atom. The van der Waals surface area contributed by atoms with Crippen molar-refractivity contribution >= 4 is 10.1 Å². The second-order valence-electron chi connectivity index (χ2n) is 2.80. The molecular weight excluding hydrogens is 249 g/mol. The Bertz CT molecular complexity index is 402. The fourth-order valence-electron chi connectivity index (χ4n) is 0.911. The van der Waals surface area contributed by atoms with Gasteiger partial charge in [0.2, 0.25) is 0 Å². The molecule has 0 unspecified atom stereocenters. The summed E-state index contributed by atoms with van der Waals surface area (Å²) in [5.74, 6) is 0.522. The number of alkyl halides is 3. The molecule has 94 valence electrons. The van der Waals surface area contributed by atoms with Crippen LogP contribution in [0.4, 0.5) is 13.2 Å². The van der Waals surface area contributed by atoms with Crippen molar-refractivity contribution in [1.29, 1.82) is 0 Å². The van der Waals surface area contributed by atoms with Crippen molar-refractivity contribution in [2.24, 2.45) is 7.05 Å². The molecule has 0 aromatic carbocycles. The number of aryl methyl sites for hydroxylation is 2. The lowest BCUT2D eigenvalue weighted by atomic mass is 10.4. The maximum Gasteiger partial charge on any atom is 0.379 e. The minimum atomic E-state index is -3.85. The van der Waals surface area contributed by atoms with E-state index >= 15 is 0 Å². The van der Waals surface area contributed by atoms with Crippen LogP contribution in [-0.2, 0) is 23.6 Å². The largest absolute Gasteiger partial charge is 0.379 e. The van der Waals surface area contributed by atoms with E-state index in [4.69, 9.17) is 4.55 Å². The topological polar surface area (TPSA) is 74.0 Å². The van der Waals surface area contributed by atoms with Gasteiger partial charge in [0.25, 0.3) is 15.9 Å². The highest BCUT2D eigenvalue weighted by atomic mass is 32.2. The maximum atomic E-state index is 10.4. The average Bonchev–Trinajstić information content (AvgIpc) is 2.45. The third-order valence-electron chi connectivity index (χ3n) is 1.57. The molecule has 0 spiro atoms. The molecule has 16 heavy (non-hydrogen) atoms. The summed E-state index contributed by atoms with van der Waals surface area (Å²) in [5, 5.41) is 0. The van der Waals surface area contributed by atoms with Crippen LogP contribution >= 0.6 is 0 Å². The molecule has 0 atom stereocenters. The van der Waals surface area contributed by atoms with Crippen molar-refractivity contribution in [3.05, 3.63) is 18.2 Å². The summed E-state index contributed by atoms with van der Waals surface area (Å²) in [6.07, 6.45) is 3.78. The summed E-state index contributed by atoms with van der Waals surface area (Å²) < 4.78 is 60.0. The first-order valence-electron chi connectivity index (χ1n) is 4.11. The highest BCUT2D eigenvalue weighted by molar-refractivity contribution is 7.85. The van der Waals surface area contributed by atoms with Crippen molar-refractivity contribution < 1.29 is 30.7 Å². The standard InChI is InChI=1S/C6H10N2O3S.CHF3/c1-8-4-3-7-6(8)2-5-12(9,10)11;2-1(3)4/h3-4H,2,5H2,1H3,(H,9,10,11);1H/p+1. The van der Waals surface area contributed by atoms with Gasteiger partial charge in [-0.3, -0.25) is 4.55 Å². The van der Waals surface area contributed by atoms with E-state index in [1.54, 1.807) is 24.0 Å². The van der Waals surface area contributed by atoms with Gasteiger partial charge in [-0.25, -0.2) is 9.55 Å². The molecule has 0 amide bonds. The highest BCUT2D eigenvalue weighted by Gasteiger charge is 2.11. The van der Waals surface area contributed by atoms with E-state index in [1.165, 1.54) is 0 Å². The monoisotopic (exact) mass is 261 g/mol. The Hall–Kier alpha value is -1.09. The summed E-state index contributed by atoms with van der Waals surface area (Å²) in [5.41, 5.74) is 0. The van der Waals surface area contributed by atoms with Gasteiger partial charge in [0, 0.05) is 0 Å². The average molecular weight is 261 g/mol. The van der Waals surface area contributed by atoms with Gasteiger partial charge in [-0.2, -0.15) is 21.6 Å². The molecule has 2 N–H and O–H groups in total. The van der Waals surface area contributed by atoms with Crippen LogP contribution < -0.4 is 4.57 Å². The van der Waals surface area contributed by atoms with E-state index in [1.807, 2.05) is 0 Å². The summed E-state index contributed by atoms with van der Waals surface area (Å²) in [4.78, 5) is 2.87. The van der Waals surface area contributed by atoms with Crippen LogP contribution in [0.2, 0.25) is 0 Å². The molecule has 0 aliphatic heterocycles. The summed E-state index contributed by atoms with van der Waals surface area (Å²) >= 11 is 0. The molecule has 0 saturated heterocycles. The maximum absolute atomic E-state index is 10.4. The summed E-state index contributed by atoms with van der Waals surface area (Å²) in [6, 6.07) is 0. The van der Waals surface area contributed by atoms with Crippen LogP contribution in [-0.4, -0.2) is 30.4 Å². The lowest BCUT2D eigenvalue weighted by molar-refractivity contribution is -0.677. The molecule has 0 aliphatic carbocycles. The number of aromatic amines is 1. The minimum absolute atomic E-state index is 0.249. The molecule has 0 bridgehead atoms. The summed E-state index contributed by atoms with van der Waals surface area (Å²) in [7, 11) is -2.05. The minimum Gasteiger partial charge on any atom is -0.286 e. The van der Waals surface area contributed by atoms with Crippen LogP contribution in [0.5, 0.6) is 0 Å². The first-order valence-corrected chi connectivity index (χ1v) is 5.72. The van der Waals surface area contributed by atoms with Gasteiger partial charge in [0.05, 0.1) is 19.2 Å². The van der Waals surface area contributed by atoms with Gasteiger partial charge >= 0.3 is 6.68 Å². The Kier molecular flexibility index (Phi) is 6.04. The van der Waals surface area contributed by atoms with Gasteiger partial charge in [-0.1, -0.05) is 0 Å². The SMILES string of the molecule is C[n+]1cc[nH]c1CCS(=O)(=O)O.FC(F)F. The quantitative estimate of drug-likeness (QED) is 0.612. The number of nitrogens with zero attached hydrogens (tertiary/aromatic N) is 1. The Labute approximate surface area is 90.7 Å². The van der Waals surface area contributed by atoms with Crippen LogP contribution in [0.25, 0.3) is 0 Å². The Morgan fingerprint density at radius 1 is 1.50 bits per heavy atom. The van der Waals surface area contributed by atoms with Gasteiger partial charge in [-0.15, -0.1) is 0 Å². The number of H-pyrrole nitrogens is 1. The fraction of sp³-hybridized carbons (Fsp3) is 0.571. The third-order valence-corrected chi connectivity index (χ3v) is 2.29. The van der Waals surface area contributed by atoms with E-state index < -0.39 is 16.8 Å². The first kappa shape index (κ1) is 14.9. The van der Waals surface area contributed by atoms with Gasteiger partial charge in [-0.05, 0) is 0 Å². The Balaban J connectivity index is 0.000000487. The van der Waals surface area contributed by atoms with E-state index in [9.17, 15) is 21.6 Å². The van der Waals surface area contributed by atoms with Gasteiger partial charge < -0.3 is 0 Å². The van der Waals surface area contributed by atoms with Crippen molar-refractivity contribution in [2.75, 3.05) is 5.75 Å². The van der Waals surface area contributed by atoms with Crippen molar-refractivity contribution in [2.45, 2.75) is 13.1 Å². The lowest BCUT2D eigenvalue weighted by Gasteiger charge is -1.92. The van der Waals surface area contributed by atoms with Crippen molar-refractivity contribution in [3.63, 3.8) is 0 Å². The van der Waals surface area contributed by atoms with Gasteiger partial charge in [0.15, 0.2) is 0 Å². The zero-order valence-electron chi connectivity index (χ0n) is 8.40. The van der Waals surface area contributed by atoms with E-state index in [-0.39, 0.29) is 5.75 Å². The van der Waals surface area contributed by atoms with Crippen LogP contribution in [0.3, 0.4) is 0 Å². The second kappa shape index (κ2) is 6.48. The van der Waals surface area contributed by atoms with E-state index in [0.717, 1.165) is 5.82 Å². The van der Waals surface area contributed by atoms with Crippen LogP contribution in [0.1, 0.15) is 5.82 Å². The molecule has 1 rings (SSSR count). The van der Waals surface area contributed by atoms with E-state index in [0.29, 0.717) is 6.42 Å². The molecular formula is C7H12F3N2O3S+. The number of hydrogen-bond donors (Lipinski definition) is 2. The second-order valence-corrected chi connectivity index (χ2v) is 4.37. The van der Waals surface area contributed by atoms with Crippen molar-refractivity contribution in [3.8, 4) is 0 Å². The zero-order valence-corrected chi connectivity index (χ0v) is 9.22. The molecule has 9 heteroatoms. The number of halogens is 3. The third kappa shape index (κ3) is 8.24. The van der Waals surface area contributed by atoms with Crippen molar-refractivity contribution in [1.82, 2.24) is 4.98 Å².